The Morgan fingerprint density at radius 3 is 3.06 bits per heavy atom. The zero-order chi connectivity index (χ0) is 11.7. The third-order valence-electron chi connectivity index (χ3n) is 3.00. The first-order chi connectivity index (χ1) is 8.38. The van der Waals surface area contributed by atoms with Gasteiger partial charge in [-0.1, -0.05) is 5.21 Å². The molecule has 0 saturated heterocycles. The zero-order valence-electron chi connectivity index (χ0n) is 9.66. The molecule has 2 aromatic rings. The Balaban J connectivity index is 1.82. The SMILES string of the molecule is NCCCn1cc(-c2cncn2C2CC2)nn1. The summed E-state index contributed by atoms with van der Waals surface area (Å²) < 4.78 is 4.03. The fraction of sp³-hybridized carbons (Fsp3) is 0.545. The Morgan fingerprint density at radius 1 is 1.41 bits per heavy atom. The standard InChI is InChI=1S/C11H16N6/c12-4-1-5-16-7-10(14-15-16)11-6-13-8-17(11)9-2-3-9/h6-9H,1-5,12H2. The van der Waals surface area contributed by atoms with Gasteiger partial charge in [-0.05, 0) is 25.8 Å². The maximum Gasteiger partial charge on any atom is 0.131 e. The lowest BCUT2D eigenvalue weighted by Crippen LogP contribution is -2.06. The Labute approximate surface area is 99.4 Å². The summed E-state index contributed by atoms with van der Waals surface area (Å²) in [4.78, 5) is 4.20. The normalized spacial score (nSPS) is 15.4. The lowest BCUT2D eigenvalue weighted by atomic mass is 10.3. The van der Waals surface area contributed by atoms with Crippen LogP contribution in [0.4, 0.5) is 0 Å². The topological polar surface area (TPSA) is 74.6 Å². The van der Waals surface area contributed by atoms with E-state index in [9.17, 15) is 0 Å². The third kappa shape index (κ3) is 2.08. The van der Waals surface area contributed by atoms with Crippen LogP contribution in [0.2, 0.25) is 0 Å². The van der Waals surface area contributed by atoms with Crippen molar-refractivity contribution < 1.29 is 0 Å². The Bertz CT molecular complexity index is 496. The number of nitrogens with zero attached hydrogens (tertiary/aromatic N) is 5. The molecular formula is C11H16N6. The summed E-state index contributed by atoms with van der Waals surface area (Å²) in [6, 6.07) is 0.613. The van der Waals surface area contributed by atoms with Gasteiger partial charge in [-0.25, -0.2) is 4.98 Å². The molecule has 0 unspecified atom stereocenters. The summed E-state index contributed by atoms with van der Waals surface area (Å²) in [5.41, 5.74) is 7.43. The van der Waals surface area contributed by atoms with E-state index in [-0.39, 0.29) is 0 Å². The van der Waals surface area contributed by atoms with E-state index in [1.54, 1.807) is 0 Å². The van der Waals surface area contributed by atoms with Crippen LogP contribution in [0.25, 0.3) is 11.4 Å². The lowest BCUT2D eigenvalue weighted by Gasteiger charge is -2.02. The van der Waals surface area contributed by atoms with Gasteiger partial charge in [0.1, 0.15) is 5.69 Å². The molecule has 90 valence electrons. The van der Waals surface area contributed by atoms with Gasteiger partial charge in [0.25, 0.3) is 0 Å². The van der Waals surface area contributed by atoms with Gasteiger partial charge in [-0.3, -0.25) is 4.68 Å². The van der Waals surface area contributed by atoms with Crippen molar-refractivity contribution >= 4 is 0 Å². The Kier molecular flexibility index (Phi) is 2.64. The first kappa shape index (κ1) is 10.5. The molecule has 0 amide bonds. The maximum absolute atomic E-state index is 5.47. The molecule has 0 spiro atoms. The van der Waals surface area contributed by atoms with E-state index in [1.807, 2.05) is 23.4 Å². The summed E-state index contributed by atoms with van der Waals surface area (Å²) >= 11 is 0. The highest BCUT2D eigenvalue weighted by Gasteiger charge is 2.26. The van der Waals surface area contributed by atoms with E-state index in [2.05, 4.69) is 19.9 Å². The van der Waals surface area contributed by atoms with Gasteiger partial charge in [-0.15, -0.1) is 5.10 Å². The second-order valence-electron chi connectivity index (χ2n) is 4.43. The molecule has 1 saturated carbocycles. The average Bonchev–Trinajstić information content (AvgIpc) is 2.91. The molecule has 1 fully saturated rings. The van der Waals surface area contributed by atoms with Crippen LogP contribution in [0.5, 0.6) is 0 Å². The van der Waals surface area contributed by atoms with E-state index in [4.69, 9.17) is 5.73 Å². The van der Waals surface area contributed by atoms with Crippen LogP contribution in [0.1, 0.15) is 25.3 Å². The zero-order valence-corrected chi connectivity index (χ0v) is 9.66. The smallest absolute Gasteiger partial charge is 0.131 e. The highest BCUT2D eigenvalue weighted by atomic mass is 15.4. The lowest BCUT2D eigenvalue weighted by molar-refractivity contribution is 0.564. The number of nitrogens with two attached hydrogens (primary N) is 1. The predicted molar refractivity (Wildman–Crippen MR) is 63.2 cm³/mol. The largest absolute Gasteiger partial charge is 0.330 e. The van der Waals surface area contributed by atoms with Crippen LogP contribution in [0.15, 0.2) is 18.7 Å². The van der Waals surface area contributed by atoms with Gasteiger partial charge in [0.05, 0.1) is 24.4 Å². The molecule has 0 atom stereocenters. The first-order valence-electron chi connectivity index (χ1n) is 6.01. The monoisotopic (exact) mass is 232 g/mol. The summed E-state index contributed by atoms with van der Waals surface area (Å²) in [5, 5.41) is 8.29. The number of aromatic nitrogens is 5. The molecular weight excluding hydrogens is 216 g/mol. The van der Waals surface area contributed by atoms with Gasteiger partial charge in [0, 0.05) is 12.6 Å². The summed E-state index contributed by atoms with van der Waals surface area (Å²) in [6.07, 6.45) is 9.10. The fourth-order valence-electron chi connectivity index (χ4n) is 1.93. The number of rotatable bonds is 5. The second kappa shape index (κ2) is 4.29. The van der Waals surface area contributed by atoms with Gasteiger partial charge < -0.3 is 10.3 Å². The molecule has 1 aliphatic carbocycles. The van der Waals surface area contributed by atoms with Crippen LogP contribution in [0, 0.1) is 0 Å². The second-order valence-corrected chi connectivity index (χ2v) is 4.43. The number of imidazole rings is 1. The average molecular weight is 232 g/mol. The molecule has 6 nitrogen and oxygen atoms in total. The molecule has 0 aliphatic heterocycles. The quantitative estimate of drug-likeness (QED) is 0.828. The van der Waals surface area contributed by atoms with E-state index >= 15 is 0 Å². The van der Waals surface area contributed by atoms with Crippen molar-refractivity contribution in [3.8, 4) is 11.4 Å². The number of hydrogen-bond acceptors (Lipinski definition) is 4. The van der Waals surface area contributed by atoms with Crippen molar-refractivity contribution in [2.75, 3.05) is 6.54 Å². The van der Waals surface area contributed by atoms with Crippen LogP contribution >= 0.6 is 0 Å². The minimum Gasteiger partial charge on any atom is -0.330 e. The molecule has 2 N–H and O–H groups in total. The Morgan fingerprint density at radius 2 is 2.29 bits per heavy atom. The molecule has 0 radical (unpaired) electrons. The molecule has 1 aliphatic rings. The number of hydrogen-bond donors (Lipinski definition) is 1. The van der Waals surface area contributed by atoms with Crippen molar-refractivity contribution in [2.45, 2.75) is 31.8 Å². The van der Waals surface area contributed by atoms with Gasteiger partial charge >= 0.3 is 0 Å². The maximum atomic E-state index is 5.47. The molecule has 2 heterocycles. The van der Waals surface area contributed by atoms with Crippen LogP contribution in [0.3, 0.4) is 0 Å². The van der Waals surface area contributed by atoms with E-state index in [1.165, 1.54) is 12.8 Å². The van der Waals surface area contributed by atoms with Crippen molar-refractivity contribution in [3.05, 3.63) is 18.7 Å². The van der Waals surface area contributed by atoms with Gasteiger partial charge in [-0.2, -0.15) is 0 Å². The summed E-state index contributed by atoms with van der Waals surface area (Å²) in [6.45, 7) is 1.50. The molecule has 3 rings (SSSR count). The third-order valence-corrected chi connectivity index (χ3v) is 3.00. The van der Waals surface area contributed by atoms with E-state index in [0.717, 1.165) is 24.4 Å². The summed E-state index contributed by atoms with van der Waals surface area (Å²) in [7, 11) is 0. The van der Waals surface area contributed by atoms with Gasteiger partial charge in [0.15, 0.2) is 0 Å². The van der Waals surface area contributed by atoms with Crippen LogP contribution in [-0.4, -0.2) is 31.1 Å². The van der Waals surface area contributed by atoms with Gasteiger partial charge in [0.2, 0.25) is 0 Å². The van der Waals surface area contributed by atoms with E-state index in [0.29, 0.717) is 12.6 Å². The van der Waals surface area contributed by atoms with Crippen molar-refractivity contribution in [1.29, 1.82) is 0 Å². The van der Waals surface area contributed by atoms with Crippen molar-refractivity contribution in [2.24, 2.45) is 5.73 Å². The minimum atomic E-state index is 0.613. The molecule has 2 aromatic heterocycles. The van der Waals surface area contributed by atoms with Crippen LogP contribution in [-0.2, 0) is 6.54 Å². The highest BCUT2D eigenvalue weighted by Crippen LogP contribution is 2.37. The molecule has 17 heavy (non-hydrogen) atoms. The molecule has 0 bridgehead atoms. The fourth-order valence-corrected chi connectivity index (χ4v) is 1.93. The molecule has 0 aromatic carbocycles. The van der Waals surface area contributed by atoms with Crippen LogP contribution < -0.4 is 5.73 Å². The first-order valence-corrected chi connectivity index (χ1v) is 6.01. The minimum absolute atomic E-state index is 0.613. The Hall–Kier alpha value is -1.69. The highest BCUT2D eigenvalue weighted by molar-refractivity contribution is 5.52. The van der Waals surface area contributed by atoms with Crippen molar-refractivity contribution in [3.63, 3.8) is 0 Å². The molecule has 6 heteroatoms. The number of aryl methyl sites for hydroxylation is 1. The predicted octanol–water partition coefficient (Wildman–Crippen LogP) is 0.825. The van der Waals surface area contributed by atoms with E-state index < -0.39 is 0 Å². The van der Waals surface area contributed by atoms with Crippen molar-refractivity contribution in [1.82, 2.24) is 24.5 Å². The summed E-state index contributed by atoms with van der Waals surface area (Å²) in [5.74, 6) is 0.